The predicted molar refractivity (Wildman–Crippen MR) is 243 cm³/mol. The Labute approximate surface area is 396 Å². The van der Waals surface area contributed by atoms with E-state index < -0.39 is 95.3 Å². The highest BCUT2D eigenvalue weighted by atomic mass is 16.6. The van der Waals surface area contributed by atoms with Gasteiger partial charge in [0.25, 0.3) is 0 Å². The van der Waals surface area contributed by atoms with Gasteiger partial charge in [-0.05, 0) is 78.4 Å². The van der Waals surface area contributed by atoms with E-state index in [0.717, 1.165) is 11.1 Å². The van der Waals surface area contributed by atoms with Gasteiger partial charge in [0.1, 0.15) is 61.7 Å². The van der Waals surface area contributed by atoms with Crippen molar-refractivity contribution in [2.24, 2.45) is 0 Å². The monoisotopic (exact) mass is 950 g/mol. The van der Waals surface area contributed by atoms with Crippen molar-refractivity contribution >= 4 is 47.8 Å². The Morgan fingerprint density at radius 1 is 0.544 bits per heavy atom. The number of amides is 6. The zero-order valence-corrected chi connectivity index (χ0v) is 39.7. The molecule has 0 radical (unpaired) electrons. The summed E-state index contributed by atoms with van der Waals surface area (Å²) in [5, 5.41) is 25.3. The predicted octanol–water partition coefficient (Wildman–Crippen LogP) is 2.41. The molecule has 4 fully saturated rings. The first-order valence-corrected chi connectivity index (χ1v) is 23.0. The number of rotatable bonds is 12. The second kappa shape index (κ2) is 23.6. The van der Waals surface area contributed by atoms with Crippen molar-refractivity contribution in [1.29, 1.82) is 0 Å². The zero-order valence-electron chi connectivity index (χ0n) is 39.7. The van der Waals surface area contributed by atoms with Crippen molar-refractivity contribution < 1.29 is 67.5 Å². The van der Waals surface area contributed by atoms with E-state index in [1.807, 2.05) is 60.7 Å². The van der Waals surface area contributed by atoms with Crippen molar-refractivity contribution in [2.45, 2.75) is 141 Å². The maximum atomic E-state index is 13.3. The Bertz CT molecular complexity index is 1950. The molecule has 0 aromatic heterocycles. The van der Waals surface area contributed by atoms with Gasteiger partial charge in [-0.3, -0.25) is 38.6 Å². The fraction of sp³-hybridized carbons (Fsp3) is 0.583. The lowest BCUT2D eigenvalue weighted by Gasteiger charge is -2.32. The minimum Gasteiger partial charge on any atom is -0.460 e. The SMILES string of the molecule is CC(C)(C)OC(=O)N1CCC[C@H]1C(=O)N1C[C@H](O)C[C@H]1C(=O)NCC(=O)OCc1ccccc1.CC(C)(C)OC(=O)N1CCC[C@H]1C(=O)N1C[C@H](O)C[C@H]1C(=O)NCC(=O)OCc1ccccc1. The first-order chi connectivity index (χ1) is 32.1. The Morgan fingerprint density at radius 3 is 1.24 bits per heavy atom. The summed E-state index contributed by atoms with van der Waals surface area (Å²) < 4.78 is 21.1. The summed E-state index contributed by atoms with van der Waals surface area (Å²) in [6, 6.07) is 14.9. The highest BCUT2D eigenvalue weighted by Crippen LogP contribution is 2.28. The van der Waals surface area contributed by atoms with E-state index in [0.29, 0.717) is 38.8 Å². The third kappa shape index (κ3) is 15.4. The molecule has 0 unspecified atom stereocenters. The molecule has 2 aromatic carbocycles. The van der Waals surface area contributed by atoms with Gasteiger partial charge in [0.15, 0.2) is 0 Å². The minimum atomic E-state index is -0.939. The fourth-order valence-electron chi connectivity index (χ4n) is 8.25. The van der Waals surface area contributed by atoms with Crippen LogP contribution in [0.2, 0.25) is 0 Å². The van der Waals surface area contributed by atoms with Gasteiger partial charge in [-0.2, -0.15) is 0 Å². The topological polar surface area (TPSA) is 251 Å². The van der Waals surface area contributed by atoms with E-state index in [4.69, 9.17) is 18.9 Å². The molecule has 0 bridgehead atoms. The minimum absolute atomic E-state index is 0.0198. The number of likely N-dealkylation sites (tertiary alicyclic amines) is 4. The number of carbonyl (C=O) groups is 8. The summed E-state index contributed by atoms with van der Waals surface area (Å²) in [6.45, 7) is 10.7. The van der Waals surface area contributed by atoms with Crippen LogP contribution >= 0.6 is 0 Å². The molecule has 68 heavy (non-hydrogen) atoms. The summed E-state index contributed by atoms with van der Waals surface area (Å²) in [6.07, 6.45) is -0.633. The normalized spacial score (nSPS) is 22.4. The molecule has 6 rings (SSSR count). The van der Waals surface area contributed by atoms with Gasteiger partial charge >= 0.3 is 24.1 Å². The number of esters is 2. The van der Waals surface area contributed by atoms with Crippen molar-refractivity contribution in [2.75, 3.05) is 39.3 Å². The number of nitrogens with zero attached hydrogens (tertiary/aromatic N) is 4. The summed E-state index contributed by atoms with van der Waals surface area (Å²) in [5.74, 6) is -3.15. The molecule has 0 spiro atoms. The highest BCUT2D eigenvalue weighted by Gasteiger charge is 2.47. The standard InChI is InChI=1S/2C24H33N3O7/c2*1-24(2,3)34-23(32)26-11-7-10-18(26)22(31)27-14-17(28)12-19(27)21(30)25-13-20(29)33-15-16-8-5-4-6-9-16/h2*4-6,8-9,17-19,28H,7,10-15H2,1-3H3,(H,25,30)/t2*17-,18+,19+/m11/s1. The lowest BCUT2D eigenvalue weighted by molar-refractivity contribution is -0.147. The van der Waals surface area contributed by atoms with E-state index in [2.05, 4.69) is 10.6 Å². The molecular formula is C48H66N6O14. The number of aliphatic hydroxyl groups is 2. The first kappa shape index (κ1) is 52.7. The number of aliphatic hydroxyl groups excluding tert-OH is 2. The van der Waals surface area contributed by atoms with Crippen LogP contribution in [0.15, 0.2) is 60.7 Å². The molecular weight excluding hydrogens is 885 g/mol. The fourth-order valence-corrected chi connectivity index (χ4v) is 8.25. The number of hydrogen-bond donors (Lipinski definition) is 4. The van der Waals surface area contributed by atoms with Crippen LogP contribution in [0.1, 0.15) is 91.2 Å². The summed E-state index contributed by atoms with van der Waals surface area (Å²) in [5.41, 5.74) is 0.247. The molecule has 6 atom stereocenters. The zero-order chi connectivity index (χ0) is 49.8. The van der Waals surface area contributed by atoms with Crippen LogP contribution in [0.3, 0.4) is 0 Å². The molecule has 372 valence electrons. The highest BCUT2D eigenvalue weighted by molar-refractivity contribution is 5.94. The first-order valence-electron chi connectivity index (χ1n) is 23.0. The van der Waals surface area contributed by atoms with Crippen LogP contribution in [0.25, 0.3) is 0 Å². The maximum Gasteiger partial charge on any atom is 0.410 e. The largest absolute Gasteiger partial charge is 0.460 e. The van der Waals surface area contributed by atoms with Gasteiger partial charge in [0, 0.05) is 39.0 Å². The van der Waals surface area contributed by atoms with Crippen molar-refractivity contribution in [1.82, 2.24) is 30.2 Å². The van der Waals surface area contributed by atoms with Crippen LogP contribution in [0.4, 0.5) is 9.59 Å². The van der Waals surface area contributed by atoms with Gasteiger partial charge in [-0.25, -0.2) is 9.59 Å². The number of ether oxygens (including phenoxy) is 4. The van der Waals surface area contributed by atoms with Crippen molar-refractivity contribution in [3.8, 4) is 0 Å². The van der Waals surface area contributed by atoms with Crippen LogP contribution in [0.5, 0.6) is 0 Å². The molecule has 4 aliphatic heterocycles. The van der Waals surface area contributed by atoms with Gasteiger partial charge in [-0.1, -0.05) is 60.7 Å². The van der Waals surface area contributed by atoms with Crippen molar-refractivity contribution in [3.63, 3.8) is 0 Å². The van der Waals surface area contributed by atoms with Crippen LogP contribution in [-0.4, -0.2) is 164 Å². The number of β-amino-alcohol motifs (C(OH)–C–C–N with tert-alkyl or cyclic N) is 2. The smallest absolute Gasteiger partial charge is 0.410 e. The summed E-state index contributed by atoms with van der Waals surface area (Å²) in [4.78, 5) is 107. The van der Waals surface area contributed by atoms with E-state index in [9.17, 15) is 48.6 Å². The average Bonchev–Trinajstić information content (AvgIpc) is 4.12. The lowest BCUT2D eigenvalue weighted by atomic mass is 10.1. The second-order valence-corrected chi connectivity index (χ2v) is 19.2. The second-order valence-electron chi connectivity index (χ2n) is 19.2. The lowest BCUT2D eigenvalue weighted by Crippen LogP contribution is -2.53. The number of nitrogens with one attached hydrogen (secondary N) is 2. The molecule has 0 saturated carbocycles. The molecule has 6 amide bonds. The number of carbonyl (C=O) groups excluding carboxylic acids is 8. The molecule has 0 aliphatic carbocycles. The Morgan fingerprint density at radius 2 is 0.897 bits per heavy atom. The Balaban J connectivity index is 0.000000254. The van der Waals surface area contributed by atoms with Crippen molar-refractivity contribution in [3.05, 3.63) is 71.8 Å². The third-order valence-electron chi connectivity index (χ3n) is 11.4. The van der Waals surface area contributed by atoms with E-state index >= 15 is 0 Å². The van der Waals surface area contributed by atoms with Crippen LogP contribution in [-0.2, 0) is 60.9 Å². The Kier molecular flexibility index (Phi) is 18.3. The summed E-state index contributed by atoms with van der Waals surface area (Å²) in [7, 11) is 0. The molecule has 4 saturated heterocycles. The van der Waals surface area contributed by atoms with E-state index in [-0.39, 0.29) is 52.2 Å². The third-order valence-corrected chi connectivity index (χ3v) is 11.4. The van der Waals surface area contributed by atoms with Gasteiger partial charge in [-0.15, -0.1) is 0 Å². The maximum absolute atomic E-state index is 13.3. The Hall–Kier alpha value is -6.28. The van der Waals surface area contributed by atoms with E-state index in [1.165, 1.54) is 19.6 Å². The summed E-state index contributed by atoms with van der Waals surface area (Å²) >= 11 is 0. The number of hydrogen-bond acceptors (Lipinski definition) is 14. The van der Waals surface area contributed by atoms with Gasteiger partial charge in [0.2, 0.25) is 23.6 Å². The molecule has 20 nitrogen and oxygen atoms in total. The average molecular weight is 951 g/mol. The number of benzene rings is 2. The molecule has 4 N–H and O–H groups in total. The molecule has 4 heterocycles. The molecule has 4 aliphatic rings. The van der Waals surface area contributed by atoms with E-state index in [1.54, 1.807) is 41.5 Å². The van der Waals surface area contributed by atoms with Gasteiger partial charge < -0.3 is 49.6 Å². The quantitative estimate of drug-likeness (QED) is 0.176. The molecule has 20 heteroatoms. The van der Waals surface area contributed by atoms with Gasteiger partial charge in [0.05, 0.1) is 12.2 Å². The van der Waals surface area contributed by atoms with Crippen LogP contribution in [0, 0.1) is 0 Å². The molecule has 2 aromatic rings. The van der Waals surface area contributed by atoms with Crippen LogP contribution < -0.4 is 10.6 Å².